The van der Waals surface area contributed by atoms with Crippen molar-refractivity contribution in [1.82, 2.24) is 15.5 Å². The summed E-state index contributed by atoms with van der Waals surface area (Å²) >= 11 is 0. The lowest BCUT2D eigenvalue weighted by molar-refractivity contribution is -0.141. The number of benzene rings is 3. The molecule has 2 amide bonds. The molecule has 0 aliphatic carbocycles. The molecule has 6 N–H and O–H groups in total. The van der Waals surface area contributed by atoms with E-state index in [0.29, 0.717) is 19.4 Å². The minimum absolute atomic E-state index is 0.114. The second-order valence-electron chi connectivity index (χ2n) is 8.55. The summed E-state index contributed by atoms with van der Waals surface area (Å²) in [5.41, 5.74) is 7.86. The van der Waals surface area contributed by atoms with Crippen LogP contribution < -0.4 is 16.4 Å². The van der Waals surface area contributed by atoms with E-state index in [-0.39, 0.29) is 18.2 Å². The minimum Gasteiger partial charge on any atom is -0.508 e. The van der Waals surface area contributed by atoms with Crippen molar-refractivity contribution in [3.63, 3.8) is 0 Å². The molecular weight excluding hydrogens is 454 g/mol. The number of phenols is 1. The first-order valence-electron chi connectivity index (χ1n) is 11.9. The molecule has 36 heavy (non-hydrogen) atoms. The Kier molecular flexibility index (Phi) is 9.59. The molecular formula is C28H33N5O3. The van der Waals surface area contributed by atoms with Crippen LogP contribution in [0.2, 0.25) is 0 Å². The largest absolute Gasteiger partial charge is 0.508 e. The molecule has 3 aromatic rings. The van der Waals surface area contributed by atoms with Gasteiger partial charge in [-0.1, -0.05) is 72.8 Å². The van der Waals surface area contributed by atoms with Gasteiger partial charge in [0.15, 0.2) is 5.96 Å². The summed E-state index contributed by atoms with van der Waals surface area (Å²) in [6, 6.07) is 24.6. The predicted molar refractivity (Wildman–Crippen MR) is 140 cm³/mol. The average Bonchev–Trinajstić information content (AvgIpc) is 2.87. The normalized spacial score (nSPS) is 11.6. The van der Waals surface area contributed by atoms with Crippen LogP contribution in [-0.4, -0.2) is 47.4 Å². The Labute approximate surface area is 211 Å². The summed E-state index contributed by atoms with van der Waals surface area (Å²) < 4.78 is 0. The molecule has 3 aromatic carbocycles. The fraction of sp³-hybridized carbons (Fsp3) is 0.250. The number of carbonyl (C=O) groups is 2. The summed E-state index contributed by atoms with van der Waals surface area (Å²) in [5, 5.41) is 22.8. The van der Waals surface area contributed by atoms with Crippen LogP contribution in [0.5, 0.6) is 5.75 Å². The topological polar surface area (TPSA) is 132 Å². The Morgan fingerprint density at radius 2 is 1.50 bits per heavy atom. The first kappa shape index (κ1) is 26.4. The molecule has 0 aliphatic heterocycles. The fourth-order valence-corrected chi connectivity index (χ4v) is 4.19. The van der Waals surface area contributed by atoms with E-state index in [9.17, 15) is 14.7 Å². The van der Waals surface area contributed by atoms with Crippen molar-refractivity contribution in [2.45, 2.75) is 31.3 Å². The van der Waals surface area contributed by atoms with E-state index < -0.39 is 23.8 Å². The number of amides is 2. The maximum absolute atomic E-state index is 14.4. The Balaban J connectivity index is 2.09. The summed E-state index contributed by atoms with van der Waals surface area (Å²) in [5.74, 6) is -1.75. The van der Waals surface area contributed by atoms with Crippen LogP contribution in [-0.2, 0) is 16.1 Å². The van der Waals surface area contributed by atoms with E-state index in [1.807, 2.05) is 67.7 Å². The second-order valence-corrected chi connectivity index (χ2v) is 8.55. The highest BCUT2D eigenvalue weighted by Crippen LogP contribution is 2.29. The number of nitrogens with zero attached hydrogens (tertiary/aromatic N) is 1. The maximum Gasteiger partial charge on any atom is 0.249 e. The zero-order valence-corrected chi connectivity index (χ0v) is 20.4. The Hall–Kier alpha value is -4.17. The summed E-state index contributed by atoms with van der Waals surface area (Å²) in [6.07, 6.45) is 1.01. The number of phenolic OH excluding ortho intramolecular Hbond substituents is 1. The zero-order valence-electron chi connectivity index (χ0n) is 20.4. The number of aromatic hydroxyl groups is 1. The SMILES string of the molecule is CNCCC[C@@H](C(=O)NC(=N)N)N(Cc1ccc(O)cc1)C(=O)C(c1ccccc1)c1ccccc1. The van der Waals surface area contributed by atoms with Crippen LogP contribution >= 0.6 is 0 Å². The van der Waals surface area contributed by atoms with E-state index in [1.54, 1.807) is 29.2 Å². The third-order valence-electron chi connectivity index (χ3n) is 5.93. The van der Waals surface area contributed by atoms with Crippen molar-refractivity contribution in [3.8, 4) is 5.75 Å². The number of nitrogens with one attached hydrogen (secondary N) is 3. The molecule has 0 unspecified atom stereocenters. The number of hydrogen-bond acceptors (Lipinski definition) is 5. The first-order chi connectivity index (χ1) is 17.4. The lowest BCUT2D eigenvalue weighted by Crippen LogP contribution is -2.53. The Morgan fingerprint density at radius 1 is 0.944 bits per heavy atom. The van der Waals surface area contributed by atoms with Gasteiger partial charge in [0, 0.05) is 6.54 Å². The monoisotopic (exact) mass is 487 g/mol. The molecule has 0 saturated heterocycles. The van der Waals surface area contributed by atoms with Crippen LogP contribution in [0.1, 0.15) is 35.4 Å². The highest BCUT2D eigenvalue weighted by Gasteiger charge is 2.35. The van der Waals surface area contributed by atoms with E-state index in [0.717, 1.165) is 16.7 Å². The number of hydrogen-bond donors (Lipinski definition) is 5. The van der Waals surface area contributed by atoms with Crippen LogP contribution in [0.25, 0.3) is 0 Å². The van der Waals surface area contributed by atoms with Gasteiger partial charge in [0.05, 0.1) is 5.92 Å². The highest BCUT2D eigenvalue weighted by atomic mass is 16.3. The van der Waals surface area contributed by atoms with Gasteiger partial charge in [-0.25, -0.2) is 0 Å². The quantitative estimate of drug-likeness (QED) is 0.161. The summed E-state index contributed by atoms with van der Waals surface area (Å²) in [6.45, 7) is 0.802. The molecule has 0 saturated carbocycles. The van der Waals surface area contributed by atoms with E-state index in [2.05, 4.69) is 10.6 Å². The highest BCUT2D eigenvalue weighted by molar-refractivity contribution is 5.99. The van der Waals surface area contributed by atoms with Crippen molar-refractivity contribution in [2.24, 2.45) is 5.73 Å². The second kappa shape index (κ2) is 13.1. The molecule has 8 heteroatoms. The first-order valence-corrected chi connectivity index (χ1v) is 11.9. The number of guanidine groups is 1. The number of carbonyl (C=O) groups excluding carboxylic acids is 2. The summed E-state index contributed by atoms with van der Waals surface area (Å²) in [7, 11) is 1.82. The van der Waals surface area contributed by atoms with Gasteiger partial charge in [0.1, 0.15) is 11.8 Å². The molecule has 188 valence electrons. The zero-order chi connectivity index (χ0) is 25.9. The molecule has 0 fully saturated rings. The van der Waals surface area contributed by atoms with Crippen molar-refractivity contribution >= 4 is 17.8 Å². The predicted octanol–water partition coefficient (Wildman–Crippen LogP) is 2.93. The third-order valence-corrected chi connectivity index (χ3v) is 5.93. The average molecular weight is 488 g/mol. The number of rotatable bonds is 11. The van der Waals surface area contributed by atoms with Gasteiger partial charge in [-0.15, -0.1) is 0 Å². The minimum atomic E-state index is -0.863. The summed E-state index contributed by atoms with van der Waals surface area (Å²) in [4.78, 5) is 29.2. The molecule has 0 heterocycles. The molecule has 0 spiro atoms. The molecule has 1 atom stereocenters. The molecule has 3 rings (SSSR count). The standard InChI is InChI=1S/C28H33N5O3/c1-31-18-8-13-24(26(35)32-28(29)30)33(19-20-14-16-23(34)17-15-20)27(36)25(21-9-4-2-5-10-21)22-11-6-3-7-12-22/h2-7,9-12,14-17,24-25,31,34H,8,13,18-19H2,1H3,(H4,29,30,32,35)/t24-/m0/s1. The van der Waals surface area contributed by atoms with Gasteiger partial charge < -0.3 is 21.1 Å². The van der Waals surface area contributed by atoms with Crippen LogP contribution in [0.4, 0.5) is 0 Å². The maximum atomic E-state index is 14.4. The molecule has 0 radical (unpaired) electrons. The van der Waals surface area contributed by atoms with Crippen molar-refractivity contribution in [3.05, 3.63) is 102 Å². The van der Waals surface area contributed by atoms with E-state index in [1.165, 1.54) is 0 Å². The van der Waals surface area contributed by atoms with Gasteiger partial charge in [-0.2, -0.15) is 0 Å². The van der Waals surface area contributed by atoms with Crippen LogP contribution in [0, 0.1) is 5.41 Å². The molecule has 0 aromatic heterocycles. The van der Waals surface area contributed by atoms with Crippen molar-refractivity contribution < 1.29 is 14.7 Å². The van der Waals surface area contributed by atoms with Crippen LogP contribution in [0.15, 0.2) is 84.9 Å². The van der Waals surface area contributed by atoms with Gasteiger partial charge in [-0.05, 0) is 55.3 Å². The van der Waals surface area contributed by atoms with E-state index in [4.69, 9.17) is 11.1 Å². The van der Waals surface area contributed by atoms with Crippen molar-refractivity contribution in [2.75, 3.05) is 13.6 Å². The van der Waals surface area contributed by atoms with Gasteiger partial charge >= 0.3 is 0 Å². The smallest absolute Gasteiger partial charge is 0.249 e. The van der Waals surface area contributed by atoms with Gasteiger partial charge in [-0.3, -0.25) is 20.3 Å². The molecule has 0 bridgehead atoms. The molecule has 0 aliphatic rings. The number of nitrogens with two attached hydrogens (primary N) is 1. The van der Waals surface area contributed by atoms with Crippen molar-refractivity contribution in [1.29, 1.82) is 5.41 Å². The Bertz CT molecular complexity index is 1100. The Morgan fingerprint density at radius 3 is 2.00 bits per heavy atom. The van der Waals surface area contributed by atoms with Gasteiger partial charge in [0.25, 0.3) is 0 Å². The molecule has 8 nitrogen and oxygen atoms in total. The third kappa shape index (κ3) is 7.16. The van der Waals surface area contributed by atoms with Crippen LogP contribution in [0.3, 0.4) is 0 Å². The lowest BCUT2D eigenvalue weighted by atomic mass is 9.89. The van der Waals surface area contributed by atoms with Gasteiger partial charge in [0.2, 0.25) is 11.8 Å². The van der Waals surface area contributed by atoms with E-state index >= 15 is 0 Å². The fourth-order valence-electron chi connectivity index (χ4n) is 4.19. The lowest BCUT2D eigenvalue weighted by Gasteiger charge is -2.34.